The van der Waals surface area contributed by atoms with Gasteiger partial charge in [-0.3, -0.25) is 14.9 Å². The van der Waals surface area contributed by atoms with E-state index in [4.69, 9.17) is 4.74 Å². The van der Waals surface area contributed by atoms with Crippen molar-refractivity contribution >= 4 is 11.6 Å². The summed E-state index contributed by atoms with van der Waals surface area (Å²) in [6.45, 7) is 6.19. The van der Waals surface area contributed by atoms with E-state index in [1.54, 1.807) is 13.0 Å². The highest BCUT2D eigenvalue weighted by atomic mass is 16.6. The van der Waals surface area contributed by atoms with Crippen LogP contribution in [0.4, 0.5) is 5.69 Å². The molecule has 0 saturated heterocycles. The van der Waals surface area contributed by atoms with Crippen molar-refractivity contribution in [3.05, 3.63) is 39.4 Å². The van der Waals surface area contributed by atoms with E-state index < -0.39 is 4.92 Å². The molecule has 0 aliphatic rings. The predicted octanol–water partition coefficient (Wildman–Crippen LogP) is 2.45. The van der Waals surface area contributed by atoms with Gasteiger partial charge in [0, 0.05) is 18.5 Å². The zero-order valence-corrected chi connectivity index (χ0v) is 13.7. The normalized spacial score (nSPS) is 10.1. The monoisotopic (exact) mass is 318 g/mol. The van der Waals surface area contributed by atoms with Gasteiger partial charge in [-0.05, 0) is 25.0 Å². The summed E-state index contributed by atoms with van der Waals surface area (Å²) in [5, 5.41) is 14.0. The molecule has 0 heterocycles. The van der Waals surface area contributed by atoms with Crippen molar-refractivity contribution in [3.63, 3.8) is 0 Å². The fraction of sp³-hybridized carbons (Fsp3) is 0.471. The molecule has 23 heavy (non-hydrogen) atoms. The van der Waals surface area contributed by atoms with Crippen LogP contribution in [0.3, 0.4) is 0 Å². The zero-order chi connectivity index (χ0) is 17.2. The number of benzene rings is 1. The zero-order valence-electron chi connectivity index (χ0n) is 13.7. The van der Waals surface area contributed by atoms with E-state index in [1.165, 1.54) is 6.07 Å². The minimum Gasteiger partial charge on any atom is -0.364 e. The van der Waals surface area contributed by atoms with E-state index in [2.05, 4.69) is 17.2 Å². The van der Waals surface area contributed by atoms with Crippen molar-refractivity contribution in [2.24, 2.45) is 5.92 Å². The number of rotatable bonds is 8. The van der Waals surface area contributed by atoms with E-state index in [9.17, 15) is 14.9 Å². The first kappa shape index (κ1) is 18.7. The average molecular weight is 318 g/mol. The van der Waals surface area contributed by atoms with E-state index in [-0.39, 0.29) is 30.7 Å². The lowest BCUT2D eigenvalue weighted by molar-refractivity contribution is -0.386. The molecule has 0 unspecified atom stereocenters. The first-order valence-corrected chi connectivity index (χ1v) is 7.47. The Balaban J connectivity index is 2.68. The van der Waals surface area contributed by atoms with E-state index in [0.717, 1.165) is 5.56 Å². The average Bonchev–Trinajstić information content (AvgIpc) is 2.52. The fourth-order valence-corrected chi connectivity index (χ4v) is 1.88. The molecule has 1 aromatic rings. The molecule has 1 rings (SSSR count). The highest BCUT2D eigenvalue weighted by molar-refractivity contribution is 5.77. The smallest absolute Gasteiger partial charge is 0.275 e. The van der Waals surface area contributed by atoms with E-state index in [1.807, 2.05) is 19.9 Å². The lowest BCUT2D eigenvalue weighted by Gasteiger charge is -2.09. The summed E-state index contributed by atoms with van der Waals surface area (Å²) in [7, 11) is 0. The molecule has 0 atom stereocenters. The molecule has 6 heteroatoms. The summed E-state index contributed by atoms with van der Waals surface area (Å²) >= 11 is 0. The number of ether oxygens (including phenoxy) is 1. The van der Waals surface area contributed by atoms with Crippen LogP contribution in [0.1, 0.15) is 31.9 Å². The molecule has 0 spiro atoms. The van der Waals surface area contributed by atoms with E-state index in [0.29, 0.717) is 18.5 Å². The summed E-state index contributed by atoms with van der Waals surface area (Å²) in [5.41, 5.74) is 1.35. The number of carbonyl (C=O) groups is 1. The maximum atomic E-state index is 11.5. The van der Waals surface area contributed by atoms with Crippen LogP contribution in [0, 0.1) is 27.9 Å². The first-order chi connectivity index (χ1) is 11.0. The Hall–Kier alpha value is -2.39. The number of nitro groups is 1. The van der Waals surface area contributed by atoms with Crippen LogP contribution in [-0.4, -0.2) is 24.0 Å². The van der Waals surface area contributed by atoms with Gasteiger partial charge in [-0.15, -0.1) is 5.92 Å². The van der Waals surface area contributed by atoms with Gasteiger partial charge in [0.15, 0.2) is 0 Å². The largest absolute Gasteiger partial charge is 0.364 e. The number of nitro benzene ring substituents is 1. The molecule has 0 fully saturated rings. The maximum Gasteiger partial charge on any atom is 0.275 e. The lowest BCUT2D eigenvalue weighted by Crippen LogP contribution is -2.29. The second-order valence-corrected chi connectivity index (χ2v) is 5.34. The third-order valence-corrected chi connectivity index (χ3v) is 3.19. The summed E-state index contributed by atoms with van der Waals surface area (Å²) in [5.74, 6) is 5.34. The van der Waals surface area contributed by atoms with Crippen molar-refractivity contribution in [2.45, 2.75) is 33.8 Å². The van der Waals surface area contributed by atoms with Gasteiger partial charge in [0.2, 0.25) is 5.91 Å². The van der Waals surface area contributed by atoms with Crippen LogP contribution in [0.5, 0.6) is 0 Å². The molecule has 6 nitrogen and oxygen atoms in total. The van der Waals surface area contributed by atoms with Gasteiger partial charge in [0.05, 0.1) is 17.1 Å². The number of nitrogens with one attached hydrogen (secondary N) is 1. The Morgan fingerprint density at radius 1 is 1.43 bits per heavy atom. The quantitative estimate of drug-likeness (QED) is 0.345. The number of amides is 1. The van der Waals surface area contributed by atoms with Crippen LogP contribution < -0.4 is 5.32 Å². The minimum absolute atomic E-state index is 0.0263. The molecular formula is C17H22N2O4. The molecule has 1 N–H and O–H groups in total. The first-order valence-electron chi connectivity index (χ1n) is 7.47. The number of hydrogen-bond donors (Lipinski definition) is 1. The summed E-state index contributed by atoms with van der Waals surface area (Å²) in [6.07, 6.45) is 0.543. The number of nitrogens with zero attached hydrogens (tertiary/aromatic N) is 1. The van der Waals surface area contributed by atoms with Crippen molar-refractivity contribution in [3.8, 4) is 11.8 Å². The van der Waals surface area contributed by atoms with Crippen LogP contribution >= 0.6 is 0 Å². The molecule has 0 saturated carbocycles. The van der Waals surface area contributed by atoms with Crippen molar-refractivity contribution < 1.29 is 14.5 Å². The lowest BCUT2D eigenvalue weighted by atomic mass is 10.1. The van der Waals surface area contributed by atoms with Gasteiger partial charge < -0.3 is 10.1 Å². The van der Waals surface area contributed by atoms with Crippen LogP contribution in [0.15, 0.2) is 18.2 Å². The second-order valence-electron chi connectivity index (χ2n) is 5.34. The molecular weight excluding hydrogens is 296 g/mol. The molecule has 0 bridgehead atoms. The van der Waals surface area contributed by atoms with Gasteiger partial charge in [-0.2, -0.15) is 0 Å². The second kappa shape index (κ2) is 9.59. The molecule has 1 amide bonds. The highest BCUT2D eigenvalue weighted by Crippen LogP contribution is 2.21. The molecule has 124 valence electrons. The van der Waals surface area contributed by atoms with Crippen LogP contribution in [-0.2, 0) is 22.6 Å². The molecule has 0 radical (unpaired) electrons. The van der Waals surface area contributed by atoms with E-state index >= 15 is 0 Å². The predicted molar refractivity (Wildman–Crippen MR) is 87.8 cm³/mol. The fourth-order valence-electron chi connectivity index (χ4n) is 1.88. The minimum atomic E-state index is -0.416. The van der Waals surface area contributed by atoms with Crippen LogP contribution in [0.2, 0.25) is 0 Å². The van der Waals surface area contributed by atoms with Crippen molar-refractivity contribution in [1.82, 2.24) is 5.32 Å². The van der Waals surface area contributed by atoms with Gasteiger partial charge in [0.25, 0.3) is 5.69 Å². The Labute approximate surface area is 136 Å². The Morgan fingerprint density at radius 2 is 2.17 bits per heavy atom. The molecule has 1 aromatic carbocycles. The SMILES string of the molecule is CC#CCOCc1ccc(CCNC(=O)C(C)C)cc1[N+](=O)[O-]. The van der Waals surface area contributed by atoms with Crippen molar-refractivity contribution in [2.75, 3.05) is 13.2 Å². The topological polar surface area (TPSA) is 81.5 Å². The molecule has 0 aliphatic heterocycles. The summed E-state index contributed by atoms with van der Waals surface area (Å²) in [6, 6.07) is 5.04. The summed E-state index contributed by atoms with van der Waals surface area (Å²) < 4.78 is 5.29. The summed E-state index contributed by atoms with van der Waals surface area (Å²) in [4.78, 5) is 22.3. The number of carbonyl (C=O) groups excluding carboxylic acids is 1. The van der Waals surface area contributed by atoms with Gasteiger partial charge in [-0.25, -0.2) is 0 Å². The third kappa shape index (κ3) is 6.49. The van der Waals surface area contributed by atoms with Gasteiger partial charge >= 0.3 is 0 Å². The standard InChI is InChI=1S/C17H22N2O4/c1-4-5-10-23-12-15-7-6-14(11-16(15)19(21)22)8-9-18-17(20)13(2)3/h6-7,11,13H,8-10,12H2,1-3H3,(H,18,20). The molecule has 0 aliphatic carbocycles. The van der Waals surface area contributed by atoms with Crippen molar-refractivity contribution in [1.29, 1.82) is 0 Å². The maximum absolute atomic E-state index is 11.5. The van der Waals surface area contributed by atoms with Gasteiger partial charge in [0.1, 0.15) is 6.61 Å². The highest BCUT2D eigenvalue weighted by Gasteiger charge is 2.15. The number of hydrogen-bond acceptors (Lipinski definition) is 4. The van der Waals surface area contributed by atoms with Gasteiger partial charge in [-0.1, -0.05) is 25.8 Å². The Kier molecular flexibility index (Phi) is 7.78. The Bertz CT molecular complexity index is 615. The third-order valence-electron chi connectivity index (χ3n) is 3.19. The molecule has 0 aromatic heterocycles. The Morgan fingerprint density at radius 3 is 2.78 bits per heavy atom. The van der Waals surface area contributed by atoms with Crippen LogP contribution in [0.25, 0.3) is 0 Å².